The third kappa shape index (κ3) is 26.0. The fraction of sp³-hybridized carbons (Fsp3) is 0.253. The number of aromatic amines is 2. The lowest BCUT2D eigenvalue weighted by molar-refractivity contribution is 0.0588. The van der Waals surface area contributed by atoms with E-state index in [-0.39, 0.29) is 6.61 Å². The first-order valence-corrected chi connectivity index (χ1v) is 46.6. The van der Waals surface area contributed by atoms with Crippen LogP contribution in [0, 0.1) is 3.57 Å². The number of hydrogen-bond donors (Lipinski definition) is 9. The van der Waals surface area contributed by atoms with Crippen LogP contribution in [-0.2, 0) is 85.7 Å². The summed E-state index contributed by atoms with van der Waals surface area (Å²) < 4.78 is 16.7. The SMILES string of the molecule is CC(C)[Si](C(C)C)(C(C)C)n1cc(I)c2cc(Cl)cnc21.COC(=O)c1cc(NCc2cccc(Cl)c2)nn1C.Cn1nc(NCc2cccc(Cl)c2)cc1C(O)c1c[nH]c2ncc(Cl)cc12.Cn1nc(NCc2cccc(Cl)c2)cc1C=O.Cn1nc(NCc2cccc(Cl)c2)cc1CO.Cn1nc(NCc2cccc(Cl)c2)cc1Cc1c[nH]c2ncc(Cl)cc12. The lowest BCUT2D eigenvalue weighted by Crippen LogP contribution is -2.51. The van der Waals surface area contributed by atoms with Gasteiger partial charge in [-0.3, -0.25) is 28.2 Å². The largest absolute Gasteiger partial charge is 0.464 e. The van der Waals surface area contributed by atoms with E-state index in [0.717, 1.165) is 101 Å². The third-order valence-electron chi connectivity index (χ3n) is 21.0. The second kappa shape index (κ2) is 45.5. The summed E-state index contributed by atoms with van der Waals surface area (Å²) in [6, 6.07) is 53.0. The number of hydrogen-bond acceptors (Lipinski definition) is 18. The van der Waals surface area contributed by atoms with Gasteiger partial charge in [-0.25, -0.2) is 19.7 Å². The van der Waals surface area contributed by atoms with Gasteiger partial charge in [0.1, 0.15) is 63.5 Å². The third-order valence-corrected chi connectivity index (χ3v) is 30.3. The molecule has 5 aromatic carbocycles. The van der Waals surface area contributed by atoms with Crippen LogP contribution in [0.25, 0.3) is 33.1 Å². The predicted octanol–water partition coefficient (Wildman–Crippen LogP) is 22.6. The van der Waals surface area contributed by atoms with Crippen molar-refractivity contribution in [2.75, 3.05) is 33.7 Å². The van der Waals surface area contributed by atoms with Crippen LogP contribution in [0.5, 0.6) is 0 Å². The van der Waals surface area contributed by atoms with Gasteiger partial charge in [-0.15, -0.1) is 0 Å². The van der Waals surface area contributed by atoms with Crippen molar-refractivity contribution in [3.63, 3.8) is 0 Å². The molecular weight excluding hydrogens is 1910 g/mol. The van der Waals surface area contributed by atoms with Gasteiger partial charge in [0, 0.05) is 198 Å². The smallest absolute Gasteiger partial charge is 0.356 e. The number of rotatable bonds is 26. The van der Waals surface area contributed by atoms with Gasteiger partial charge >= 0.3 is 5.97 Å². The van der Waals surface area contributed by atoms with Crippen molar-refractivity contribution in [1.82, 2.24) is 78.1 Å². The molecule has 1 atom stereocenters. The number of aldehydes is 1. The second-order valence-corrected chi connectivity index (χ2v) is 41.0. The van der Waals surface area contributed by atoms with Gasteiger partial charge in [0.15, 0.2) is 14.5 Å². The summed E-state index contributed by atoms with van der Waals surface area (Å²) in [5, 5.41) is 66.0. The van der Waals surface area contributed by atoms with Crippen molar-refractivity contribution in [3.8, 4) is 0 Å². The van der Waals surface area contributed by atoms with Crippen molar-refractivity contribution in [2.24, 2.45) is 35.2 Å². The number of nitrogens with zero attached hydrogens (tertiary/aromatic N) is 14. The topological polar surface area (TPSA) is 308 Å². The normalized spacial score (nSPS) is 11.4. The minimum absolute atomic E-state index is 0.0116. The van der Waals surface area contributed by atoms with E-state index in [2.05, 4.69) is 162 Å². The van der Waals surface area contributed by atoms with Crippen molar-refractivity contribution in [2.45, 2.75) is 110 Å². The van der Waals surface area contributed by atoms with Gasteiger partial charge in [0.2, 0.25) is 0 Å². The number of halogens is 9. The molecule has 1 unspecified atom stereocenters. The highest BCUT2D eigenvalue weighted by Gasteiger charge is 2.46. The van der Waals surface area contributed by atoms with E-state index in [4.69, 9.17) is 97.9 Å². The molecule has 9 N–H and O–H groups in total. The van der Waals surface area contributed by atoms with Crippen molar-refractivity contribution in [3.05, 3.63) is 318 Å². The molecule has 26 nitrogen and oxygen atoms in total. The molecule has 0 aliphatic rings. The van der Waals surface area contributed by atoms with Crippen LogP contribution in [0.4, 0.5) is 29.1 Å². The maximum atomic E-state index is 11.4. The summed E-state index contributed by atoms with van der Waals surface area (Å²) in [5.74, 6) is 3.13. The molecule has 0 amide bonds. The molecule has 127 heavy (non-hydrogen) atoms. The fourth-order valence-corrected chi connectivity index (χ4v) is 24.0. The Hall–Kier alpha value is -10.5. The zero-order valence-electron chi connectivity index (χ0n) is 71.7. The Kier molecular flexibility index (Phi) is 34.8. The molecule has 16 aromatic rings. The number of aromatic nitrogens is 16. The lowest BCUT2D eigenvalue weighted by Gasteiger charge is -2.44. The molecule has 0 bridgehead atoms. The summed E-state index contributed by atoms with van der Waals surface area (Å²) in [7, 11) is 8.55. The van der Waals surface area contributed by atoms with E-state index in [1.165, 1.54) is 25.4 Å². The van der Waals surface area contributed by atoms with Crippen LogP contribution >= 0.6 is 115 Å². The highest BCUT2D eigenvalue weighted by Crippen LogP contribution is 2.45. The highest BCUT2D eigenvalue weighted by molar-refractivity contribution is 14.1. The van der Waals surface area contributed by atoms with Gasteiger partial charge in [0.25, 0.3) is 0 Å². The zero-order chi connectivity index (χ0) is 91.3. The van der Waals surface area contributed by atoms with E-state index in [9.17, 15) is 14.7 Å². The molecule has 664 valence electrons. The molecule has 0 aliphatic carbocycles. The Morgan fingerprint density at radius 1 is 0.472 bits per heavy atom. The molecule has 0 saturated carbocycles. The molecule has 0 fully saturated rings. The van der Waals surface area contributed by atoms with Crippen LogP contribution in [0.15, 0.2) is 207 Å². The standard InChI is InChI=1S/C19H17Cl2N5O.C19H17Cl2N5.C16H24ClIN2Si.C13H14ClN3O2.C12H14ClN3O.C12H12ClN3O/c1-26-16(7-17(25-26)22-8-11-3-2-4-12(20)5-11)18(27)15-10-24-19-14(15)6-13(21)9-23-19;1-26-16(6-13-10-23-19-17(13)7-15(21)11-24-19)8-18(25-26)22-9-12-3-2-4-14(20)5-12;1-10(2)21(11(3)4,12(5)6)20-9-15(18)14-7-13(17)8-19-16(14)20;1-17-11(13(18)19-2)7-12(16-17)15-8-9-4-3-5-10(14)6-9;2*1-16-11(8-17)6-12(15-16)14-7-9-3-2-4-10(13)5-9/h2-7,9-10,18,27H,8H2,1H3,(H,22,25)(H,23,24);2-5,7-8,10-11H,6,9H2,1H3,(H,22,25)(H,23,24);7-12H,1-6H3;3-7H,8H2,1-2H3,(H,15,16);2-6,17H,7-8H2,1H3,(H,14,15);2-6,8H,7H2,1H3,(H,14,15). The van der Waals surface area contributed by atoms with Gasteiger partial charge in [-0.1, -0.05) is 195 Å². The van der Waals surface area contributed by atoms with E-state index in [1.807, 2.05) is 164 Å². The van der Waals surface area contributed by atoms with Crippen LogP contribution < -0.4 is 26.6 Å². The summed E-state index contributed by atoms with van der Waals surface area (Å²) in [5.41, 5.74) is 15.2. The minimum atomic E-state index is -1.76. The van der Waals surface area contributed by atoms with Crippen molar-refractivity contribution in [1.29, 1.82) is 0 Å². The molecule has 11 heterocycles. The van der Waals surface area contributed by atoms with Gasteiger partial charge < -0.3 is 55.7 Å². The number of carbonyl (C=O) groups excluding carboxylic acids is 2. The number of carbonyl (C=O) groups is 2. The van der Waals surface area contributed by atoms with Crippen molar-refractivity contribution >= 4 is 198 Å². The maximum absolute atomic E-state index is 11.4. The first-order valence-electron chi connectivity index (χ1n) is 40.3. The first kappa shape index (κ1) is 97.2. The molecule has 0 saturated heterocycles. The molecular formula is C91H98Cl8IN21O5Si. The number of aliphatic hydroxyl groups is 2. The number of benzene rings is 5. The number of H-pyrrole nitrogens is 2. The minimum Gasteiger partial charge on any atom is -0.464 e. The molecule has 36 heteroatoms. The van der Waals surface area contributed by atoms with Crippen LogP contribution in [0.1, 0.15) is 125 Å². The molecule has 11 aromatic heterocycles. The maximum Gasteiger partial charge on any atom is 0.356 e. The Balaban J connectivity index is 0.000000149. The number of aliphatic hydroxyl groups excluding tert-OH is 2. The number of aryl methyl sites for hydroxylation is 5. The van der Waals surface area contributed by atoms with Crippen LogP contribution in [0.3, 0.4) is 0 Å². The average Bonchev–Trinajstić information content (AvgIpc) is 1.62. The summed E-state index contributed by atoms with van der Waals surface area (Å²) in [4.78, 5) is 41.5. The molecule has 0 radical (unpaired) electrons. The number of ether oxygens (including phenoxy) is 1. The zero-order valence-corrected chi connectivity index (χ0v) is 81.0. The lowest BCUT2D eigenvalue weighted by atomic mass is 10.1. The monoisotopic (exact) mass is 2000 g/mol. The summed E-state index contributed by atoms with van der Waals surface area (Å²) in [6.45, 7) is 17.4. The fourth-order valence-electron chi connectivity index (χ4n) is 15.0. The Labute approximate surface area is 791 Å². The number of nitrogens with one attached hydrogen (secondary N) is 7. The Morgan fingerprint density at radius 3 is 1.29 bits per heavy atom. The number of esters is 1. The van der Waals surface area contributed by atoms with Gasteiger partial charge in [-0.2, -0.15) is 25.5 Å². The quantitative estimate of drug-likeness (QED) is 0.0105. The van der Waals surface area contributed by atoms with E-state index in [1.54, 1.807) is 80.5 Å². The Bertz CT molecular complexity index is 6370. The van der Waals surface area contributed by atoms with E-state index in [0.29, 0.717) is 125 Å². The average molecular weight is 2000 g/mol. The second-order valence-electron chi connectivity index (χ2n) is 30.6. The number of methoxy groups -OCH3 is 1. The number of pyridine rings is 3. The predicted molar refractivity (Wildman–Crippen MR) is 526 cm³/mol. The highest BCUT2D eigenvalue weighted by atomic mass is 127. The molecule has 0 spiro atoms. The summed E-state index contributed by atoms with van der Waals surface area (Å²) >= 11 is 50.4. The number of fused-ring (bicyclic) bond motifs is 3. The van der Waals surface area contributed by atoms with E-state index >= 15 is 0 Å². The van der Waals surface area contributed by atoms with Gasteiger partial charge in [-0.05, 0) is 151 Å². The van der Waals surface area contributed by atoms with Crippen molar-refractivity contribution < 1.29 is 24.5 Å². The molecule has 16 rings (SSSR count). The van der Waals surface area contributed by atoms with Crippen LogP contribution in [0.2, 0.25) is 56.8 Å². The number of anilines is 5. The van der Waals surface area contributed by atoms with Gasteiger partial charge in [0.05, 0.1) is 40.2 Å². The first-order chi connectivity index (χ1) is 60.8. The van der Waals surface area contributed by atoms with Crippen LogP contribution in [-0.4, -0.2) is 116 Å². The Morgan fingerprint density at radius 2 is 0.858 bits per heavy atom. The summed E-state index contributed by atoms with van der Waals surface area (Å²) in [6.07, 6.45) is 11.7. The molecule has 0 aliphatic heterocycles. The van der Waals surface area contributed by atoms with E-state index < -0.39 is 20.3 Å².